The normalized spacial score (nSPS) is 11.5. The lowest BCUT2D eigenvalue weighted by Crippen LogP contribution is -2.38. The summed E-state index contributed by atoms with van der Waals surface area (Å²) in [6, 6.07) is 5.95. The average Bonchev–Trinajstić information content (AvgIpc) is 2.99. The number of nitrogens with one attached hydrogen (secondary N) is 2. The molecule has 0 atom stereocenters. The zero-order valence-corrected chi connectivity index (χ0v) is 16.9. The molecule has 0 aromatic carbocycles. The van der Waals surface area contributed by atoms with Crippen LogP contribution in [-0.4, -0.2) is 60.1 Å². The molecule has 0 bridgehead atoms. The SMILES string of the molecule is COCCCNC(=NCc1cccc(N(C)C)n1)NCc1nnc(C)n1C. The first-order valence-corrected chi connectivity index (χ1v) is 9.00. The van der Waals surface area contributed by atoms with Crippen molar-refractivity contribution in [1.82, 2.24) is 30.4 Å². The van der Waals surface area contributed by atoms with Crippen LogP contribution >= 0.6 is 0 Å². The van der Waals surface area contributed by atoms with Gasteiger partial charge in [-0.05, 0) is 25.5 Å². The minimum Gasteiger partial charge on any atom is -0.385 e. The monoisotopic (exact) mass is 374 g/mol. The number of pyridine rings is 1. The predicted molar refractivity (Wildman–Crippen MR) is 107 cm³/mol. The Morgan fingerprint density at radius 1 is 1.26 bits per heavy atom. The van der Waals surface area contributed by atoms with Crippen molar-refractivity contribution >= 4 is 11.8 Å². The van der Waals surface area contributed by atoms with E-state index >= 15 is 0 Å². The van der Waals surface area contributed by atoms with Crippen molar-refractivity contribution in [2.45, 2.75) is 26.4 Å². The van der Waals surface area contributed by atoms with Crippen molar-refractivity contribution < 1.29 is 4.74 Å². The molecule has 148 valence electrons. The Hall–Kier alpha value is -2.68. The van der Waals surface area contributed by atoms with Gasteiger partial charge in [0.05, 0.1) is 18.8 Å². The second-order valence-corrected chi connectivity index (χ2v) is 6.40. The standard InChI is InChI=1S/C18H30N8O/c1-14-23-24-17(26(14)4)13-21-18(19-10-7-11-27-5)20-12-15-8-6-9-16(22-15)25(2)3/h6,8-9H,7,10-13H2,1-5H3,(H2,19,20,21). The van der Waals surface area contributed by atoms with Gasteiger partial charge >= 0.3 is 0 Å². The minimum atomic E-state index is 0.485. The molecular weight excluding hydrogens is 344 g/mol. The summed E-state index contributed by atoms with van der Waals surface area (Å²) in [5.74, 6) is 3.36. The van der Waals surface area contributed by atoms with Gasteiger partial charge in [0.1, 0.15) is 11.6 Å². The first kappa shape index (κ1) is 20.6. The van der Waals surface area contributed by atoms with E-state index in [1.807, 2.05) is 55.7 Å². The summed E-state index contributed by atoms with van der Waals surface area (Å²) in [7, 11) is 7.60. The quantitative estimate of drug-likeness (QED) is 0.382. The van der Waals surface area contributed by atoms with Crippen LogP contribution in [0, 0.1) is 6.92 Å². The minimum absolute atomic E-state index is 0.485. The molecule has 9 nitrogen and oxygen atoms in total. The van der Waals surface area contributed by atoms with Crippen LogP contribution in [0.4, 0.5) is 5.82 Å². The van der Waals surface area contributed by atoms with E-state index in [4.69, 9.17) is 4.74 Å². The maximum absolute atomic E-state index is 5.10. The molecule has 0 saturated carbocycles. The van der Waals surface area contributed by atoms with Gasteiger partial charge in [-0.2, -0.15) is 0 Å². The first-order valence-electron chi connectivity index (χ1n) is 9.00. The molecule has 9 heteroatoms. The lowest BCUT2D eigenvalue weighted by molar-refractivity contribution is 0.195. The molecule has 0 saturated heterocycles. The summed E-state index contributed by atoms with van der Waals surface area (Å²) in [5.41, 5.74) is 0.911. The van der Waals surface area contributed by atoms with E-state index < -0.39 is 0 Å². The summed E-state index contributed by atoms with van der Waals surface area (Å²) < 4.78 is 7.06. The third kappa shape index (κ3) is 6.52. The van der Waals surface area contributed by atoms with Crippen molar-refractivity contribution in [3.05, 3.63) is 35.5 Å². The van der Waals surface area contributed by atoms with Gasteiger partial charge in [-0.15, -0.1) is 10.2 Å². The Bertz CT molecular complexity index is 741. The largest absolute Gasteiger partial charge is 0.385 e. The number of methoxy groups -OCH3 is 1. The number of hydrogen-bond donors (Lipinski definition) is 2. The first-order chi connectivity index (χ1) is 13.0. The summed E-state index contributed by atoms with van der Waals surface area (Å²) in [6.45, 7) is 4.42. The molecule has 2 N–H and O–H groups in total. The van der Waals surface area contributed by atoms with E-state index in [1.165, 1.54) is 0 Å². The van der Waals surface area contributed by atoms with Gasteiger partial charge in [0.25, 0.3) is 0 Å². The highest BCUT2D eigenvalue weighted by atomic mass is 16.5. The van der Waals surface area contributed by atoms with Crippen LogP contribution in [0.15, 0.2) is 23.2 Å². The number of anilines is 1. The molecule has 0 unspecified atom stereocenters. The Kier molecular flexibility index (Phi) is 8.00. The van der Waals surface area contributed by atoms with Gasteiger partial charge in [-0.3, -0.25) is 0 Å². The van der Waals surface area contributed by atoms with Gasteiger partial charge < -0.3 is 24.8 Å². The van der Waals surface area contributed by atoms with Gasteiger partial charge in [-0.1, -0.05) is 6.07 Å². The van der Waals surface area contributed by atoms with Crippen LogP contribution in [0.5, 0.6) is 0 Å². The average molecular weight is 374 g/mol. The second-order valence-electron chi connectivity index (χ2n) is 6.40. The second kappa shape index (κ2) is 10.5. The van der Waals surface area contributed by atoms with Crippen LogP contribution < -0.4 is 15.5 Å². The number of aromatic nitrogens is 4. The maximum Gasteiger partial charge on any atom is 0.192 e. The lowest BCUT2D eigenvalue weighted by Gasteiger charge is -2.13. The summed E-state index contributed by atoms with van der Waals surface area (Å²) >= 11 is 0. The highest BCUT2D eigenvalue weighted by molar-refractivity contribution is 5.79. The fraction of sp³-hybridized carbons (Fsp3) is 0.556. The van der Waals surface area contributed by atoms with E-state index in [0.717, 1.165) is 36.1 Å². The van der Waals surface area contributed by atoms with Crippen molar-refractivity contribution in [2.24, 2.45) is 12.0 Å². The molecule has 2 aromatic rings. The van der Waals surface area contributed by atoms with Crippen LogP contribution in [-0.2, 0) is 24.9 Å². The van der Waals surface area contributed by atoms with E-state index in [1.54, 1.807) is 7.11 Å². The molecule has 0 aliphatic rings. The van der Waals surface area contributed by atoms with Crippen molar-refractivity contribution in [3.63, 3.8) is 0 Å². The number of aliphatic imine (C=N–C) groups is 1. The number of guanidine groups is 1. The fourth-order valence-electron chi connectivity index (χ4n) is 2.33. The summed E-state index contributed by atoms with van der Waals surface area (Å²) in [6.07, 6.45) is 0.897. The number of aryl methyl sites for hydroxylation is 1. The summed E-state index contributed by atoms with van der Waals surface area (Å²) in [5, 5.41) is 14.9. The van der Waals surface area contributed by atoms with Crippen molar-refractivity contribution in [1.29, 1.82) is 0 Å². The van der Waals surface area contributed by atoms with Crippen molar-refractivity contribution in [2.75, 3.05) is 39.3 Å². The van der Waals surface area contributed by atoms with Gasteiger partial charge in [-0.25, -0.2) is 9.98 Å². The Morgan fingerprint density at radius 2 is 2.07 bits per heavy atom. The van der Waals surface area contributed by atoms with E-state index in [-0.39, 0.29) is 0 Å². The Labute approximate surface area is 160 Å². The molecule has 0 fully saturated rings. The molecule has 0 spiro atoms. The lowest BCUT2D eigenvalue weighted by atomic mass is 10.3. The molecule has 27 heavy (non-hydrogen) atoms. The van der Waals surface area contributed by atoms with Crippen molar-refractivity contribution in [3.8, 4) is 0 Å². The predicted octanol–water partition coefficient (Wildman–Crippen LogP) is 0.856. The van der Waals surface area contributed by atoms with Gasteiger partial charge in [0.15, 0.2) is 11.8 Å². The fourth-order valence-corrected chi connectivity index (χ4v) is 2.33. The number of nitrogens with zero attached hydrogens (tertiary/aromatic N) is 6. The third-order valence-corrected chi connectivity index (χ3v) is 4.06. The number of ether oxygens (including phenoxy) is 1. The van der Waals surface area contributed by atoms with Crippen LogP contribution in [0.25, 0.3) is 0 Å². The highest BCUT2D eigenvalue weighted by Crippen LogP contribution is 2.08. The highest BCUT2D eigenvalue weighted by Gasteiger charge is 2.07. The zero-order valence-electron chi connectivity index (χ0n) is 16.9. The number of rotatable bonds is 9. The molecule has 2 heterocycles. The maximum atomic E-state index is 5.10. The van der Waals surface area contributed by atoms with Crippen LogP contribution in [0.2, 0.25) is 0 Å². The molecule has 0 radical (unpaired) electrons. The smallest absolute Gasteiger partial charge is 0.192 e. The molecule has 2 aromatic heterocycles. The molecule has 2 rings (SSSR count). The van der Waals surface area contributed by atoms with Gasteiger partial charge in [0, 0.05) is 41.4 Å². The zero-order chi connectivity index (χ0) is 19.6. The third-order valence-electron chi connectivity index (χ3n) is 4.06. The summed E-state index contributed by atoms with van der Waals surface area (Å²) in [4.78, 5) is 11.2. The Morgan fingerprint density at radius 3 is 2.74 bits per heavy atom. The Balaban J connectivity index is 2.02. The molecule has 0 aliphatic carbocycles. The van der Waals surface area contributed by atoms with E-state index in [2.05, 4.69) is 30.8 Å². The topological polar surface area (TPSA) is 92.5 Å². The van der Waals surface area contributed by atoms with E-state index in [9.17, 15) is 0 Å². The molecule has 0 amide bonds. The van der Waals surface area contributed by atoms with E-state index in [0.29, 0.717) is 25.7 Å². The molecule has 0 aliphatic heterocycles. The van der Waals surface area contributed by atoms with Gasteiger partial charge in [0.2, 0.25) is 0 Å². The number of hydrogen-bond acceptors (Lipinski definition) is 6. The van der Waals surface area contributed by atoms with Crippen LogP contribution in [0.1, 0.15) is 23.8 Å². The van der Waals surface area contributed by atoms with Crippen LogP contribution in [0.3, 0.4) is 0 Å². The molecular formula is C18H30N8O.